The molecule has 3 heteroatoms. The molecule has 2 aromatic carbocycles. The van der Waals surface area contributed by atoms with Crippen LogP contribution in [0.4, 0.5) is 0 Å². The Balaban J connectivity index is 2.42. The summed E-state index contributed by atoms with van der Waals surface area (Å²) in [6, 6.07) is 13.9. The average molecular weight is 257 g/mol. The number of hydrogen-bond acceptors (Lipinski definition) is 2. The van der Waals surface area contributed by atoms with Gasteiger partial charge in [-0.1, -0.05) is 31.5 Å². The minimum absolute atomic E-state index is 0.731. The SMILES string of the molecule is CCCc1ccc2o[p+](=O)c3ccccc3c2c1. The van der Waals surface area contributed by atoms with Gasteiger partial charge in [0, 0.05) is 10.8 Å². The standard InChI is InChI=1S/C15H14O2P/c1-2-5-11-8-9-14-13(10-11)12-6-3-4-7-15(12)18(16)17-14/h3-4,6-10H,2,5H2,1H3/q+1. The maximum Gasteiger partial charge on any atom is 0.597 e. The Morgan fingerprint density at radius 2 is 1.94 bits per heavy atom. The molecular formula is C15H14O2P+. The van der Waals surface area contributed by atoms with Crippen molar-refractivity contribution in [3.63, 3.8) is 0 Å². The number of benzene rings is 2. The summed E-state index contributed by atoms with van der Waals surface area (Å²) in [6.07, 6.45) is 2.18. The number of fused-ring (bicyclic) bond motifs is 3. The predicted octanol–water partition coefficient (Wildman–Crippen LogP) is 5.28. The molecule has 1 atom stereocenters. The molecule has 18 heavy (non-hydrogen) atoms. The monoisotopic (exact) mass is 257 g/mol. The van der Waals surface area contributed by atoms with Gasteiger partial charge in [-0.05, 0) is 40.8 Å². The second-order valence-corrected chi connectivity index (χ2v) is 5.62. The molecule has 3 aromatic rings. The van der Waals surface area contributed by atoms with E-state index in [0.29, 0.717) is 0 Å². The lowest BCUT2D eigenvalue weighted by molar-refractivity contribution is 0.563. The smallest absolute Gasteiger partial charge is 0.250 e. The van der Waals surface area contributed by atoms with Gasteiger partial charge in [-0.25, -0.2) is 4.20 Å². The van der Waals surface area contributed by atoms with Crippen LogP contribution < -0.4 is 0 Å². The van der Waals surface area contributed by atoms with Crippen molar-refractivity contribution < 1.29 is 8.76 Å². The van der Waals surface area contributed by atoms with Crippen molar-refractivity contribution >= 4 is 29.1 Å². The second kappa shape index (κ2) is 4.55. The first-order chi connectivity index (χ1) is 8.79. The fourth-order valence-electron chi connectivity index (χ4n) is 2.31. The molecule has 1 aromatic heterocycles. The van der Waals surface area contributed by atoms with Crippen LogP contribution in [0.15, 0.2) is 46.7 Å². The minimum Gasteiger partial charge on any atom is -0.250 e. The van der Waals surface area contributed by atoms with E-state index in [1.54, 1.807) is 0 Å². The molecule has 0 aliphatic carbocycles. The highest BCUT2D eigenvalue weighted by molar-refractivity contribution is 7.37. The van der Waals surface area contributed by atoms with Gasteiger partial charge < -0.3 is 0 Å². The molecule has 0 spiro atoms. The van der Waals surface area contributed by atoms with E-state index in [4.69, 9.17) is 4.20 Å². The van der Waals surface area contributed by atoms with Crippen LogP contribution >= 0.6 is 7.65 Å². The van der Waals surface area contributed by atoms with Crippen LogP contribution in [0.2, 0.25) is 0 Å². The lowest BCUT2D eigenvalue weighted by Crippen LogP contribution is -1.83. The number of rotatable bonds is 2. The Bertz CT molecular complexity index is 774. The highest BCUT2D eigenvalue weighted by atomic mass is 31.1. The Kier molecular flexibility index (Phi) is 2.89. The van der Waals surface area contributed by atoms with E-state index >= 15 is 0 Å². The molecular weight excluding hydrogens is 243 g/mol. The topological polar surface area (TPSA) is 30.2 Å². The van der Waals surface area contributed by atoms with Crippen LogP contribution in [0.1, 0.15) is 18.9 Å². The summed E-state index contributed by atoms with van der Waals surface area (Å²) < 4.78 is 17.5. The van der Waals surface area contributed by atoms with Crippen molar-refractivity contribution in [3.8, 4) is 0 Å². The van der Waals surface area contributed by atoms with Gasteiger partial charge in [-0.3, -0.25) is 0 Å². The zero-order chi connectivity index (χ0) is 12.5. The molecule has 90 valence electrons. The molecule has 0 fully saturated rings. The summed E-state index contributed by atoms with van der Waals surface area (Å²) in [4.78, 5) is 0. The van der Waals surface area contributed by atoms with Gasteiger partial charge in [0.15, 0.2) is 5.58 Å². The molecule has 0 radical (unpaired) electrons. The summed E-state index contributed by atoms with van der Waals surface area (Å²) in [5, 5.41) is 2.90. The average Bonchev–Trinajstić information content (AvgIpc) is 2.40. The van der Waals surface area contributed by atoms with Crippen LogP contribution in [0.3, 0.4) is 0 Å². The fourth-order valence-corrected chi connectivity index (χ4v) is 3.35. The third-order valence-corrected chi connectivity index (χ3v) is 4.30. The van der Waals surface area contributed by atoms with Crippen molar-refractivity contribution in [2.24, 2.45) is 0 Å². The van der Waals surface area contributed by atoms with Crippen molar-refractivity contribution in [2.45, 2.75) is 19.8 Å². The quantitative estimate of drug-likeness (QED) is 0.584. The van der Waals surface area contributed by atoms with Crippen LogP contribution in [0, 0.1) is 0 Å². The van der Waals surface area contributed by atoms with Gasteiger partial charge >= 0.3 is 7.65 Å². The molecule has 2 nitrogen and oxygen atoms in total. The molecule has 0 saturated heterocycles. The minimum atomic E-state index is -1.76. The lowest BCUT2D eigenvalue weighted by atomic mass is 10.1. The summed E-state index contributed by atoms with van der Waals surface area (Å²) in [6.45, 7) is 2.17. The third kappa shape index (κ3) is 1.83. The maximum atomic E-state index is 12.0. The highest BCUT2D eigenvalue weighted by Gasteiger charge is 2.15. The normalized spacial score (nSPS) is 12.2. The first kappa shape index (κ1) is 11.4. The highest BCUT2D eigenvalue weighted by Crippen LogP contribution is 2.35. The molecule has 0 bridgehead atoms. The summed E-state index contributed by atoms with van der Waals surface area (Å²) in [7, 11) is -1.76. The Morgan fingerprint density at radius 3 is 2.78 bits per heavy atom. The van der Waals surface area contributed by atoms with E-state index in [2.05, 4.69) is 19.1 Å². The van der Waals surface area contributed by atoms with Crippen molar-refractivity contribution in [2.75, 3.05) is 0 Å². The van der Waals surface area contributed by atoms with Crippen LogP contribution in [0.5, 0.6) is 0 Å². The van der Waals surface area contributed by atoms with Gasteiger partial charge in [0.25, 0.3) is 0 Å². The number of hydrogen-bond donors (Lipinski definition) is 0. The molecule has 0 amide bonds. The Hall–Kier alpha value is -1.66. The van der Waals surface area contributed by atoms with E-state index < -0.39 is 7.65 Å². The Morgan fingerprint density at radius 1 is 1.11 bits per heavy atom. The van der Waals surface area contributed by atoms with E-state index in [1.165, 1.54) is 5.56 Å². The third-order valence-electron chi connectivity index (χ3n) is 3.15. The molecule has 1 heterocycles. The van der Waals surface area contributed by atoms with Crippen LogP contribution in [-0.4, -0.2) is 0 Å². The second-order valence-electron chi connectivity index (χ2n) is 4.45. The zero-order valence-electron chi connectivity index (χ0n) is 10.2. The zero-order valence-corrected chi connectivity index (χ0v) is 11.1. The van der Waals surface area contributed by atoms with E-state index in [1.807, 2.05) is 30.3 Å². The first-order valence-corrected chi connectivity index (χ1v) is 7.35. The van der Waals surface area contributed by atoms with Gasteiger partial charge in [-0.2, -0.15) is 0 Å². The first-order valence-electron chi connectivity index (χ1n) is 6.17. The molecule has 0 aliphatic heterocycles. The van der Waals surface area contributed by atoms with E-state index in [9.17, 15) is 4.57 Å². The van der Waals surface area contributed by atoms with Crippen LogP contribution in [-0.2, 0) is 11.0 Å². The molecule has 0 aliphatic rings. The number of aryl methyl sites for hydroxylation is 1. The van der Waals surface area contributed by atoms with Gasteiger partial charge in [0.05, 0.1) is 0 Å². The van der Waals surface area contributed by atoms with Gasteiger partial charge in [0.1, 0.15) is 0 Å². The van der Waals surface area contributed by atoms with Gasteiger partial charge in [0.2, 0.25) is 5.12 Å². The molecule has 0 N–H and O–H groups in total. The van der Waals surface area contributed by atoms with Gasteiger partial charge in [-0.15, -0.1) is 0 Å². The lowest BCUT2D eigenvalue weighted by Gasteiger charge is -2.00. The fraction of sp³-hybridized carbons (Fsp3) is 0.200. The van der Waals surface area contributed by atoms with E-state index in [-0.39, 0.29) is 0 Å². The summed E-state index contributed by atoms with van der Waals surface area (Å²) in [5.74, 6) is 0. The molecule has 1 unspecified atom stereocenters. The Labute approximate surface area is 106 Å². The summed E-state index contributed by atoms with van der Waals surface area (Å²) in [5.41, 5.74) is 2.03. The van der Waals surface area contributed by atoms with Crippen molar-refractivity contribution in [3.05, 3.63) is 48.0 Å². The summed E-state index contributed by atoms with van der Waals surface area (Å²) >= 11 is 0. The predicted molar refractivity (Wildman–Crippen MR) is 75.3 cm³/mol. The largest absolute Gasteiger partial charge is 0.597 e. The molecule has 3 rings (SSSR count). The van der Waals surface area contributed by atoms with Crippen LogP contribution in [0.25, 0.3) is 21.5 Å². The van der Waals surface area contributed by atoms with Crippen molar-refractivity contribution in [1.29, 1.82) is 0 Å². The van der Waals surface area contributed by atoms with E-state index in [0.717, 1.165) is 34.3 Å². The maximum absolute atomic E-state index is 12.0. The van der Waals surface area contributed by atoms with Crippen molar-refractivity contribution in [1.82, 2.24) is 0 Å². The molecule has 0 saturated carbocycles.